The molecule has 0 bridgehead atoms. The quantitative estimate of drug-likeness (QED) is 0.132. The van der Waals surface area contributed by atoms with E-state index in [0.717, 1.165) is 22.3 Å². The Balaban J connectivity index is 0.000000144. The third-order valence-corrected chi connectivity index (χ3v) is 28.5. The van der Waals surface area contributed by atoms with Gasteiger partial charge in [0.05, 0.1) is 12.5 Å². The molecule has 0 radical (unpaired) electrons. The molecule has 244 valence electrons. The van der Waals surface area contributed by atoms with Gasteiger partial charge in [0, 0.05) is 21.5 Å². The molecule has 0 atom stereocenters. The first-order chi connectivity index (χ1) is 23.1. The fourth-order valence-corrected chi connectivity index (χ4v) is 5.98. The summed E-state index contributed by atoms with van der Waals surface area (Å²) < 4.78 is 11.8. The molecule has 2 nitrogen and oxygen atoms in total. The molecule has 0 spiro atoms. The van der Waals surface area contributed by atoms with Gasteiger partial charge in [-0.15, -0.1) is 69.1 Å². The van der Waals surface area contributed by atoms with Crippen molar-refractivity contribution in [3.8, 4) is 22.6 Å². The number of hydrogen-bond acceptors (Lipinski definition) is 2. The Morgan fingerprint density at radius 1 is 0.562 bits per heavy atom. The number of furan rings is 2. The molecule has 0 aliphatic heterocycles. The van der Waals surface area contributed by atoms with Gasteiger partial charge < -0.3 is 8.83 Å². The first-order valence-electron chi connectivity index (χ1n) is 16.4. The molecule has 2 heterocycles. The molecular formula is C42H40Cl2O2SiZr-2. The zero-order valence-electron chi connectivity index (χ0n) is 28.3. The second-order valence-electron chi connectivity index (χ2n) is 13.1. The molecule has 0 fully saturated rings. The number of benzene rings is 4. The van der Waals surface area contributed by atoms with E-state index in [1.807, 2.05) is 24.7 Å². The maximum absolute atomic E-state index is 5.88. The fourth-order valence-electron chi connectivity index (χ4n) is 5.98. The van der Waals surface area contributed by atoms with Crippen molar-refractivity contribution in [3.05, 3.63) is 133 Å². The van der Waals surface area contributed by atoms with Gasteiger partial charge in [-0.05, 0) is 23.0 Å². The van der Waals surface area contributed by atoms with Gasteiger partial charge in [0.1, 0.15) is 11.5 Å². The van der Waals surface area contributed by atoms with E-state index in [1.165, 1.54) is 54.6 Å². The molecule has 8 rings (SSSR count). The number of hydrogen-bond donors (Lipinski definition) is 0. The van der Waals surface area contributed by atoms with E-state index in [2.05, 4.69) is 138 Å². The summed E-state index contributed by atoms with van der Waals surface area (Å²) in [5, 5.41) is 9.80. The molecule has 6 heteroatoms. The summed E-state index contributed by atoms with van der Waals surface area (Å²) in [4.78, 5) is 0. The van der Waals surface area contributed by atoms with Crippen LogP contribution in [0.1, 0.15) is 50.7 Å². The topological polar surface area (TPSA) is 26.3 Å². The minimum atomic E-state index is -1.65. The van der Waals surface area contributed by atoms with E-state index < -0.39 is 18.0 Å². The van der Waals surface area contributed by atoms with E-state index >= 15 is 0 Å². The Morgan fingerprint density at radius 3 is 1.33 bits per heavy atom. The van der Waals surface area contributed by atoms with Crippen LogP contribution in [-0.2, 0) is 18.0 Å². The van der Waals surface area contributed by atoms with E-state index in [0.29, 0.717) is 11.8 Å². The van der Waals surface area contributed by atoms with Gasteiger partial charge in [0.25, 0.3) is 0 Å². The van der Waals surface area contributed by atoms with Crippen molar-refractivity contribution in [3.63, 3.8) is 0 Å². The monoisotopic (exact) mass is 764 g/mol. The van der Waals surface area contributed by atoms with Crippen molar-refractivity contribution in [2.24, 2.45) is 0 Å². The summed E-state index contributed by atoms with van der Waals surface area (Å²) in [5.74, 6) is 3.02. The molecule has 0 amide bonds. The van der Waals surface area contributed by atoms with Gasteiger partial charge in [-0.2, -0.15) is 12.1 Å². The molecule has 6 aromatic carbocycles. The molecule has 0 aliphatic carbocycles. The molecule has 2 aromatic heterocycles. The van der Waals surface area contributed by atoms with Crippen LogP contribution in [0.2, 0.25) is 13.1 Å². The van der Waals surface area contributed by atoms with Crippen LogP contribution >= 0.6 is 17.0 Å². The van der Waals surface area contributed by atoms with Gasteiger partial charge in [0.15, 0.2) is 0 Å². The zero-order valence-corrected chi connectivity index (χ0v) is 33.2. The Labute approximate surface area is 298 Å². The molecule has 0 saturated carbocycles. The first kappa shape index (κ1) is 34.7. The van der Waals surface area contributed by atoms with Gasteiger partial charge in [-0.3, -0.25) is 0 Å². The summed E-state index contributed by atoms with van der Waals surface area (Å²) in [7, 11) is 11.2. The van der Waals surface area contributed by atoms with Crippen LogP contribution in [0.25, 0.3) is 65.7 Å². The zero-order chi connectivity index (χ0) is 33.9. The number of fused-ring (bicyclic) bond motifs is 4. The van der Waals surface area contributed by atoms with Gasteiger partial charge >= 0.3 is 53.5 Å². The normalized spacial score (nSPS) is 11.3. The Bertz CT molecular complexity index is 2190. The Hall–Kier alpha value is -3.14. The second kappa shape index (κ2) is 15.2. The SMILES string of the molecule is CC(C)c1cc2c(-c3occ4ccccc34)cccc2[cH-]1.CC(C)c1cc2c(-c3occ4ccccc34)cccc2[cH-]1.C[Si](C)=[Zr]([Cl])[Cl]. The van der Waals surface area contributed by atoms with E-state index in [4.69, 9.17) is 25.9 Å². The molecule has 0 aliphatic rings. The van der Waals surface area contributed by atoms with Crippen LogP contribution in [0.3, 0.4) is 0 Å². The molecule has 0 saturated heterocycles. The molecular weight excluding hydrogens is 727 g/mol. The summed E-state index contributed by atoms with van der Waals surface area (Å²) in [5.41, 5.74) is 4.90. The van der Waals surface area contributed by atoms with Crippen LogP contribution in [0.4, 0.5) is 0 Å². The average molecular weight is 767 g/mol. The fraction of sp³-hybridized carbons (Fsp3) is 0.190. The van der Waals surface area contributed by atoms with Gasteiger partial charge in [0.2, 0.25) is 0 Å². The first-order valence-corrected chi connectivity index (χ1v) is 28.9. The molecule has 48 heavy (non-hydrogen) atoms. The van der Waals surface area contributed by atoms with Crippen LogP contribution < -0.4 is 0 Å². The van der Waals surface area contributed by atoms with E-state index in [-0.39, 0.29) is 5.43 Å². The van der Waals surface area contributed by atoms with Crippen LogP contribution in [-0.4, -0.2) is 5.43 Å². The van der Waals surface area contributed by atoms with Crippen molar-refractivity contribution in [1.82, 2.24) is 0 Å². The third kappa shape index (κ3) is 7.38. The predicted octanol–water partition coefficient (Wildman–Crippen LogP) is 14.4. The van der Waals surface area contributed by atoms with Crippen LogP contribution in [0.5, 0.6) is 0 Å². The Morgan fingerprint density at radius 2 is 0.958 bits per heavy atom. The van der Waals surface area contributed by atoms with Crippen molar-refractivity contribution in [2.45, 2.75) is 52.6 Å². The van der Waals surface area contributed by atoms with E-state index in [1.54, 1.807) is 0 Å². The minimum absolute atomic E-state index is 0.224. The van der Waals surface area contributed by atoms with Crippen molar-refractivity contribution in [1.29, 1.82) is 0 Å². The molecule has 0 unspecified atom stereocenters. The summed E-state index contributed by atoms with van der Waals surface area (Å²) in [6.07, 6.45) is 3.69. The molecule has 0 N–H and O–H groups in total. The number of rotatable bonds is 4. The predicted molar refractivity (Wildman–Crippen MR) is 207 cm³/mol. The van der Waals surface area contributed by atoms with Crippen molar-refractivity contribution < 1.29 is 26.8 Å². The third-order valence-electron chi connectivity index (χ3n) is 8.76. The Kier molecular flexibility index (Phi) is 11.0. The summed E-state index contributed by atoms with van der Waals surface area (Å²) >= 11 is -1.65. The number of halogens is 2. The van der Waals surface area contributed by atoms with Gasteiger partial charge in [-0.1, -0.05) is 88.4 Å². The van der Waals surface area contributed by atoms with E-state index in [9.17, 15) is 0 Å². The van der Waals surface area contributed by atoms with Crippen LogP contribution in [0, 0.1) is 0 Å². The maximum atomic E-state index is 5.88. The second-order valence-corrected chi connectivity index (χ2v) is 36.0. The van der Waals surface area contributed by atoms with Gasteiger partial charge in [-0.25, -0.2) is 0 Å². The summed E-state index contributed by atoms with van der Waals surface area (Å²) in [6, 6.07) is 38.7. The standard InChI is InChI=1S/2C20H17O.C2H6Si.2ClH.Zr/c2*1-13(2)16-10-14-7-5-9-18(19(14)11-16)20-17-8-4-3-6-15(17)12-21-20;1-3-2;;;/h2*3-13H,1-2H3;1-2H3;2*1H;/q2*-1;;;;+2/p-2. The van der Waals surface area contributed by atoms with Crippen LogP contribution in [0.15, 0.2) is 131 Å². The summed E-state index contributed by atoms with van der Waals surface area (Å²) in [6.45, 7) is 13.3. The van der Waals surface area contributed by atoms with Crippen molar-refractivity contribution >= 4 is 65.5 Å². The average Bonchev–Trinajstić information content (AvgIpc) is 3.89. The molecule has 8 aromatic rings. The van der Waals surface area contributed by atoms with Crippen molar-refractivity contribution in [2.75, 3.05) is 0 Å².